The summed E-state index contributed by atoms with van der Waals surface area (Å²) in [6.45, 7) is 6.55. The lowest BCUT2D eigenvalue weighted by molar-refractivity contribution is 0.254. The second kappa shape index (κ2) is 6.77. The van der Waals surface area contributed by atoms with Crippen LogP contribution >= 0.6 is 11.8 Å². The van der Waals surface area contributed by atoms with Crippen molar-refractivity contribution in [2.45, 2.75) is 45.3 Å². The van der Waals surface area contributed by atoms with Gasteiger partial charge >= 0.3 is 0 Å². The van der Waals surface area contributed by atoms with Crippen molar-refractivity contribution in [3.63, 3.8) is 0 Å². The van der Waals surface area contributed by atoms with E-state index < -0.39 is 0 Å². The summed E-state index contributed by atoms with van der Waals surface area (Å²) < 4.78 is 4.09. The van der Waals surface area contributed by atoms with E-state index in [1.165, 1.54) is 11.3 Å². The molecule has 0 aromatic carbocycles. The average Bonchev–Trinajstić information content (AvgIpc) is 3.47. The van der Waals surface area contributed by atoms with Crippen molar-refractivity contribution in [1.82, 2.24) is 29.4 Å². The van der Waals surface area contributed by atoms with E-state index in [4.69, 9.17) is 4.99 Å². The van der Waals surface area contributed by atoms with E-state index in [-0.39, 0.29) is 12.1 Å². The van der Waals surface area contributed by atoms with Crippen molar-refractivity contribution in [3.8, 4) is 0 Å². The summed E-state index contributed by atoms with van der Waals surface area (Å²) in [5.74, 6) is 1.10. The second-order valence-electron chi connectivity index (χ2n) is 7.32. The topological polar surface area (TPSA) is 64.1 Å². The second-order valence-corrected chi connectivity index (χ2v) is 8.30. The van der Waals surface area contributed by atoms with Gasteiger partial charge < -0.3 is 4.90 Å². The number of hydrogen-bond acceptors (Lipinski definition) is 6. The Bertz CT molecular complexity index is 1010. The highest BCUT2D eigenvalue weighted by molar-refractivity contribution is 8.14. The molecule has 0 N–H and O–H groups in total. The van der Waals surface area contributed by atoms with Gasteiger partial charge in [-0.3, -0.25) is 14.7 Å². The first-order chi connectivity index (χ1) is 13.7. The molecule has 0 spiro atoms. The molecule has 3 aromatic rings. The highest BCUT2D eigenvalue weighted by Crippen LogP contribution is 2.49. The van der Waals surface area contributed by atoms with E-state index in [0.717, 1.165) is 28.7 Å². The third-order valence-electron chi connectivity index (χ3n) is 5.72. The summed E-state index contributed by atoms with van der Waals surface area (Å²) in [6, 6.07) is 9.05. The number of hydrogen-bond donors (Lipinski definition) is 0. The van der Waals surface area contributed by atoms with Crippen LogP contribution in [-0.4, -0.2) is 46.4 Å². The van der Waals surface area contributed by atoms with Gasteiger partial charge in [-0.15, -0.1) is 10.2 Å². The first kappa shape index (κ1) is 17.5. The van der Waals surface area contributed by atoms with Crippen LogP contribution in [0, 0.1) is 13.8 Å². The molecule has 1 fully saturated rings. The maximum atomic E-state index is 5.12. The van der Waals surface area contributed by atoms with Crippen molar-refractivity contribution in [3.05, 3.63) is 65.8 Å². The summed E-state index contributed by atoms with van der Waals surface area (Å²) in [5.41, 5.74) is 4.66. The number of pyridine rings is 1. The van der Waals surface area contributed by atoms with Crippen LogP contribution in [0.15, 0.2) is 48.1 Å². The van der Waals surface area contributed by atoms with E-state index in [1.54, 1.807) is 12.7 Å². The lowest BCUT2D eigenvalue weighted by atomic mass is 9.95. The molecule has 2 aliphatic heterocycles. The summed E-state index contributed by atoms with van der Waals surface area (Å²) in [5, 5.41) is 9.10. The van der Waals surface area contributed by atoms with Crippen molar-refractivity contribution in [1.29, 1.82) is 0 Å². The number of rotatable bonds is 4. The SMILES string of the molecule is CC[C@H]1CSC2=N[C@@H](c3ccccn3)[C@@H](c3cc(C)n(-n4cnnc4)c3C)N21. The molecule has 144 valence electrons. The number of aryl methyl sites for hydroxylation is 1. The van der Waals surface area contributed by atoms with Gasteiger partial charge in [0.15, 0.2) is 5.17 Å². The van der Waals surface area contributed by atoms with Crippen LogP contribution in [0.3, 0.4) is 0 Å². The molecule has 3 aromatic heterocycles. The van der Waals surface area contributed by atoms with Crippen LogP contribution in [0.4, 0.5) is 0 Å². The first-order valence-electron chi connectivity index (χ1n) is 9.63. The van der Waals surface area contributed by atoms with Crippen molar-refractivity contribution in [2.75, 3.05) is 5.75 Å². The lowest BCUT2D eigenvalue weighted by Gasteiger charge is -2.31. The molecule has 3 atom stereocenters. The van der Waals surface area contributed by atoms with Crippen molar-refractivity contribution < 1.29 is 0 Å². The zero-order valence-corrected chi connectivity index (χ0v) is 17.0. The molecular formula is C20H23N7S. The number of aromatic nitrogens is 5. The Morgan fingerprint density at radius 2 is 2.00 bits per heavy atom. The van der Waals surface area contributed by atoms with Gasteiger partial charge in [0.05, 0.1) is 11.7 Å². The Labute approximate surface area is 168 Å². The van der Waals surface area contributed by atoms with Gasteiger partial charge in [0.25, 0.3) is 0 Å². The maximum Gasteiger partial charge on any atom is 0.160 e. The van der Waals surface area contributed by atoms with Crippen LogP contribution in [0.25, 0.3) is 0 Å². The molecular weight excluding hydrogens is 370 g/mol. The Morgan fingerprint density at radius 3 is 2.71 bits per heavy atom. The molecule has 5 rings (SSSR count). The molecule has 0 aliphatic carbocycles. The van der Waals surface area contributed by atoms with E-state index in [9.17, 15) is 0 Å². The van der Waals surface area contributed by atoms with Gasteiger partial charge in [0, 0.05) is 34.9 Å². The predicted octanol–water partition coefficient (Wildman–Crippen LogP) is 3.38. The monoisotopic (exact) mass is 393 g/mol. The summed E-state index contributed by atoms with van der Waals surface area (Å²) in [4.78, 5) is 12.3. The molecule has 0 saturated carbocycles. The zero-order chi connectivity index (χ0) is 19.3. The molecule has 2 aliphatic rings. The molecule has 28 heavy (non-hydrogen) atoms. The molecule has 7 nitrogen and oxygen atoms in total. The maximum absolute atomic E-state index is 5.12. The summed E-state index contributed by atoms with van der Waals surface area (Å²) >= 11 is 1.87. The normalized spacial score (nSPS) is 23.9. The Balaban J connectivity index is 1.65. The standard InChI is InChI=1S/C20H23N7S/c1-4-15-10-28-20-24-18(17-7-5-6-8-21-17)19(26(15)20)16-9-13(2)27(14(16)3)25-11-22-23-12-25/h5-9,11-12,15,18-19H,4,10H2,1-3H3/t15-,18-,19+/m0/s1. The quantitative estimate of drug-likeness (QED) is 0.680. The zero-order valence-electron chi connectivity index (χ0n) is 16.2. The minimum absolute atomic E-state index is 0.00733. The van der Waals surface area contributed by atoms with Crippen LogP contribution in [0.1, 0.15) is 48.1 Å². The third kappa shape index (κ3) is 2.58. The van der Waals surface area contributed by atoms with Gasteiger partial charge in [-0.1, -0.05) is 24.8 Å². The fourth-order valence-electron chi connectivity index (χ4n) is 4.42. The fourth-order valence-corrected chi connectivity index (χ4v) is 5.76. The van der Waals surface area contributed by atoms with Gasteiger partial charge in [-0.05, 0) is 38.5 Å². The molecule has 5 heterocycles. The molecule has 0 amide bonds. The Morgan fingerprint density at radius 1 is 1.18 bits per heavy atom. The number of aliphatic imine (C=N–C) groups is 1. The minimum atomic E-state index is 0.00733. The fraction of sp³-hybridized carbons (Fsp3) is 0.400. The van der Waals surface area contributed by atoms with E-state index >= 15 is 0 Å². The number of nitrogens with zero attached hydrogens (tertiary/aromatic N) is 7. The Kier molecular flexibility index (Phi) is 4.23. The smallest absolute Gasteiger partial charge is 0.160 e. The van der Waals surface area contributed by atoms with Crippen LogP contribution < -0.4 is 0 Å². The van der Waals surface area contributed by atoms with Crippen molar-refractivity contribution in [2.24, 2.45) is 4.99 Å². The largest absolute Gasteiger partial charge is 0.338 e. The van der Waals surface area contributed by atoms with Gasteiger partial charge in [0.2, 0.25) is 0 Å². The highest BCUT2D eigenvalue weighted by atomic mass is 32.2. The number of amidine groups is 1. The van der Waals surface area contributed by atoms with Gasteiger partial charge in [0.1, 0.15) is 18.7 Å². The Hall–Kier alpha value is -2.61. The highest BCUT2D eigenvalue weighted by Gasteiger charge is 2.46. The van der Waals surface area contributed by atoms with E-state index in [0.29, 0.717) is 6.04 Å². The summed E-state index contributed by atoms with van der Waals surface area (Å²) in [6.07, 6.45) is 6.44. The average molecular weight is 394 g/mol. The predicted molar refractivity (Wildman–Crippen MR) is 110 cm³/mol. The molecule has 1 saturated heterocycles. The third-order valence-corrected chi connectivity index (χ3v) is 6.85. The van der Waals surface area contributed by atoms with Gasteiger partial charge in [-0.25, -0.2) is 4.68 Å². The van der Waals surface area contributed by atoms with Crippen molar-refractivity contribution >= 4 is 16.9 Å². The number of fused-ring (bicyclic) bond motifs is 1. The number of thioether (sulfide) groups is 1. The minimum Gasteiger partial charge on any atom is -0.338 e. The molecule has 8 heteroatoms. The molecule has 0 bridgehead atoms. The lowest BCUT2D eigenvalue weighted by Crippen LogP contribution is -2.35. The molecule has 0 unspecified atom stereocenters. The van der Waals surface area contributed by atoms with E-state index in [1.807, 2.05) is 34.8 Å². The van der Waals surface area contributed by atoms with Crippen LogP contribution in [0.5, 0.6) is 0 Å². The van der Waals surface area contributed by atoms with Gasteiger partial charge in [-0.2, -0.15) is 0 Å². The molecule has 0 radical (unpaired) electrons. The van der Waals surface area contributed by atoms with Crippen LogP contribution in [-0.2, 0) is 0 Å². The summed E-state index contributed by atoms with van der Waals surface area (Å²) in [7, 11) is 0. The first-order valence-corrected chi connectivity index (χ1v) is 10.6. The van der Waals surface area contributed by atoms with E-state index in [2.05, 4.69) is 57.7 Å². The van der Waals surface area contributed by atoms with Crippen LogP contribution in [0.2, 0.25) is 0 Å².